The van der Waals surface area contributed by atoms with Crippen LogP contribution in [-0.4, -0.2) is 37.0 Å². The minimum absolute atomic E-state index is 0.0604. The Morgan fingerprint density at radius 2 is 2.04 bits per heavy atom. The first-order chi connectivity index (χ1) is 12.3. The molecule has 0 radical (unpaired) electrons. The second-order valence-electron chi connectivity index (χ2n) is 6.84. The van der Waals surface area contributed by atoms with Crippen LogP contribution in [0.2, 0.25) is 0 Å². The number of hydrogen-bond acceptors (Lipinski definition) is 4. The summed E-state index contributed by atoms with van der Waals surface area (Å²) < 4.78 is 11.4. The zero-order valence-electron chi connectivity index (χ0n) is 14.3. The summed E-state index contributed by atoms with van der Waals surface area (Å²) in [5.74, 6) is 1.75. The zero-order chi connectivity index (χ0) is 17.1. The largest absolute Gasteiger partial charge is 0.492 e. The molecule has 1 fully saturated rings. The van der Waals surface area contributed by atoms with E-state index in [9.17, 15) is 4.79 Å². The lowest BCUT2D eigenvalue weighted by Gasteiger charge is -2.28. The molecule has 2 atom stereocenters. The summed E-state index contributed by atoms with van der Waals surface area (Å²) in [6.07, 6.45) is 4.85. The molecule has 25 heavy (non-hydrogen) atoms. The molecule has 132 valence electrons. The van der Waals surface area contributed by atoms with Gasteiger partial charge in [0.25, 0.3) is 0 Å². The molecule has 0 bridgehead atoms. The number of nitrogens with one attached hydrogen (secondary N) is 1. The Morgan fingerprint density at radius 3 is 2.84 bits per heavy atom. The average molecular weight is 340 g/mol. The molecule has 5 heteroatoms. The van der Waals surface area contributed by atoms with Crippen LogP contribution in [0.5, 0.6) is 5.75 Å². The van der Waals surface area contributed by atoms with E-state index < -0.39 is 0 Å². The van der Waals surface area contributed by atoms with E-state index in [1.54, 1.807) is 6.26 Å². The van der Waals surface area contributed by atoms with Crippen molar-refractivity contribution in [3.8, 4) is 5.75 Å². The van der Waals surface area contributed by atoms with E-state index in [1.165, 1.54) is 12.8 Å². The van der Waals surface area contributed by atoms with Gasteiger partial charge < -0.3 is 14.5 Å². The average Bonchev–Trinajstić information content (AvgIpc) is 3.36. The van der Waals surface area contributed by atoms with E-state index >= 15 is 0 Å². The molecule has 2 unspecified atom stereocenters. The van der Waals surface area contributed by atoms with Gasteiger partial charge in [-0.25, -0.2) is 0 Å². The number of carbonyl (C=O) groups excluding carboxylic acids is 1. The van der Waals surface area contributed by atoms with Gasteiger partial charge in [-0.15, -0.1) is 0 Å². The van der Waals surface area contributed by atoms with E-state index in [0.29, 0.717) is 13.2 Å². The summed E-state index contributed by atoms with van der Waals surface area (Å²) >= 11 is 0. The second-order valence-corrected chi connectivity index (χ2v) is 6.84. The number of amides is 1. The van der Waals surface area contributed by atoms with Crippen molar-refractivity contribution in [2.45, 2.75) is 25.3 Å². The Morgan fingerprint density at radius 1 is 1.20 bits per heavy atom. The summed E-state index contributed by atoms with van der Waals surface area (Å²) in [7, 11) is 0. The van der Waals surface area contributed by atoms with Crippen molar-refractivity contribution in [2.75, 3.05) is 26.2 Å². The lowest BCUT2D eigenvalue weighted by molar-refractivity contribution is -0.126. The van der Waals surface area contributed by atoms with Gasteiger partial charge in [0.05, 0.1) is 18.2 Å². The first kappa shape index (κ1) is 16.2. The van der Waals surface area contributed by atoms with Crippen molar-refractivity contribution in [1.29, 1.82) is 0 Å². The maximum absolute atomic E-state index is 12.7. The lowest BCUT2D eigenvalue weighted by atomic mass is 9.96. The third kappa shape index (κ3) is 3.56. The minimum Gasteiger partial charge on any atom is -0.492 e. The molecule has 5 nitrogen and oxygen atoms in total. The number of carbonyl (C=O) groups is 1. The molecule has 2 aromatic rings. The maximum Gasteiger partial charge on any atom is 0.226 e. The molecule has 1 saturated heterocycles. The van der Waals surface area contributed by atoms with Crippen LogP contribution in [0.25, 0.3) is 0 Å². The quantitative estimate of drug-likeness (QED) is 0.909. The summed E-state index contributed by atoms with van der Waals surface area (Å²) in [5.41, 5.74) is 1.11. The molecule has 3 heterocycles. The molecular weight excluding hydrogens is 316 g/mol. The monoisotopic (exact) mass is 340 g/mol. The Labute approximate surface area is 148 Å². The molecular formula is C20H24N2O3. The number of fused-ring (bicyclic) bond motifs is 1. The number of rotatable bonds is 5. The number of ether oxygens (including phenoxy) is 1. The minimum atomic E-state index is -0.134. The molecule has 4 rings (SSSR count). The van der Waals surface area contributed by atoms with E-state index in [-0.39, 0.29) is 17.9 Å². The Kier molecular flexibility index (Phi) is 4.74. The van der Waals surface area contributed by atoms with Crippen molar-refractivity contribution < 1.29 is 13.9 Å². The molecule has 1 aromatic heterocycles. The zero-order valence-corrected chi connectivity index (χ0v) is 14.3. The van der Waals surface area contributed by atoms with Gasteiger partial charge >= 0.3 is 0 Å². The van der Waals surface area contributed by atoms with E-state index in [0.717, 1.165) is 36.6 Å². The molecule has 0 aliphatic carbocycles. The van der Waals surface area contributed by atoms with Crippen LogP contribution < -0.4 is 10.1 Å². The van der Waals surface area contributed by atoms with Crippen molar-refractivity contribution >= 4 is 5.91 Å². The molecule has 0 saturated carbocycles. The highest BCUT2D eigenvalue weighted by Crippen LogP contribution is 2.28. The van der Waals surface area contributed by atoms with Crippen LogP contribution in [0.3, 0.4) is 0 Å². The van der Waals surface area contributed by atoms with Gasteiger partial charge in [0.15, 0.2) is 0 Å². The van der Waals surface area contributed by atoms with Crippen molar-refractivity contribution in [1.82, 2.24) is 10.2 Å². The fourth-order valence-electron chi connectivity index (χ4n) is 3.78. The van der Waals surface area contributed by atoms with Crippen LogP contribution >= 0.6 is 0 Å². The second kappa shape index (κ2) is 7.31. The topological polar surface area (TPSA) is 54.7 Å². The van der Waals surface area contributed by atoms with Crippen molar-refractivity contribution in [2.24, 2.45) is 5.92 Å². The highest BCUT2D eigenvalue weighted by atomic mass is 16.5. The first-order valence-electron chi connectivity index (χ1n) is 9.07. The van der Waals surface area contributed by atoms with E-state index in [4.69, 9.17) is 9.15 Å². The van der Waals surface area contributed by atoms with Crippen LogP contribution in [-0.2, 0) is 11.2 Å². The highest BCUT2D eigenvalue weighted by Gasteiger charge is 2.29. The van der Waals surface area contributed by atoms with E-state index in [1.807, 2.05) is 36.4 Å². The molecule has 0 spiro atoms. The number of hydrogen-bond donors (Lipinski definition) is 1. The fraction of sp³-hybridized carbons (Fsp3) is 0.450. The van der Waals surface area contributed by atoms with Crippen molar-refractivity contribution in [3.05, 3.63) is 54.0 Å². The third-order valence-electron chi connectivity index (χ3n) is 5.17. The smallest absolute Gasteiger partial charge is 0.226 e. The van der Waals surface area contributed by atoms with Gasteiger partial charge in [0.2, 0.25) is 5.91 Å². The van der Waals surface area contributed by atoms with Crippen LogP contribution in [0.1, 0.15) is 30.2 Å². The number of para-hydroxylation sites is 1. The highest BCUT2D eigenvalue weighted by molar-refractivity contribution is 5.79. The van der Waals surface area contributed by atoms with Crippen LogP contribution in [0.15, 0.2) is 47.1 Å². The summed E-state index contributed by atoms with van der Waals surface area (Å²) in [6.45, 7) is 3.13. The Hall–Kier alpha value is -2.27. The van der Waals surface area contributed by atoms with Gasteiger partial charge in [0.1, 0.15) is 18.1 Å². The summed E-state index contributed by atoms with van der Waals surface area (Å²) in [4.78, 5) is 15.1. The normalized spacial score (nSPS) is 21.4. The Bertz CT molecular complexity index is 707. The summed E-state index contributed by atoms with van der Waals surface area (Å²) in [5, 5.41) is 3.13. The first-order valence-corrected chi connectivity index (χ1v) is 9.07. The number of likely N-dealkylation sites (tertiary alicyclic amines) is 1. The van der Waals surface area contributed by atoms with Gasteiger partial charge in [-0.3, -0.25) is 9.69 Å². The maximum atomic E-state index is 12.7. The van der Waals surface area contributed by atoms with Gasteiger partial charge in [-0.05, 0) is 56.1 Å². The number of furan rings is 1. The molecule has 1 aromatic carbocycles. The SMILES string of the molecule is O=C(NCC(c1ccco1)N1CCCC1)C1COc2ccccc2C1. The predicted molar refractivity (Wildman–Crippen MR) is 94.4 cm³/mol. The molecule has 1 amide bonds. The van der Waals surface area contributed by atoms with Gasteiger partial charge in [0, 0.05) is 6.54 Å². The van der Waals surface area contributed by atoms with Crippen LogP contribution in [0, 0.1) is 5.92 Å². The number of benzene rings is 1. The molecule has 2 aliphatic heterocycles. The molecule has 1 N–H and O–H groups in total. The third-order valence-corrected chi connectivity index (χ3v) is 5.17. The lowest BCUT2D eigenvalue weighted by Crippen LogP contribution is -2.42. The standard InChI is InChI=1S/C20H24N2O3/c23-20(16-12-15-6-1-2-7-18(15)25-14-16)21-13-17(19-8-5-11-24-19)22-9-3-4-10-22/h1-2,5-8,11,16-17H,3-4,9-10,12-14H2,(H,21,23). The number of nitrogens with zero attached hydrogens (tertiary/aromatic N) is 1. The predicted octanol–water partition coefficient (Wildman–Crippen LogP) is 2.78. The summed E-state index contributed by atoms with van der Waals surface area (Å²) in [6, 6.07) is 12.0. The fourth-order valence-corrected chi connectivity index (χ4v) is 3.78. The molecule has 2 aliphatic rings. The van der Waals surface area contributed by atoms with Gasteiger partial charge in [-0.2, -0.15) is 0 Å². The Balaban J connectivity index is 1.38. The van der Waals surface area contributed by atoms with Gasteiger partial charge in [-0.1, -0.05) is 18.2 Å². The van der Waals surface area contributed by atoms with Crippen LogP contribution in [0.4, 0.5) is 0 Å². The van der Waals surface area contributed by atoms with E-state index in [2.05, 4.69) is 10.2 Å². The van der Waals surface area contributed by atoms with Crippen molar-refractivity contribution in [3.63, 3.8) is 0 Å².